The maximum Gasteiger partial charge on any atom is 0.175 e. The van der Waals surface area contributed by atoms with E-state index in [2.05, 4.69) is 0 Å². The summed E-state index contributed by atoms with van der Waals surface area (Å²) < 4.78 is 26.2. The number of Topliss-reactive ketones (excluding diaryl/α,β-unsaturated/α-hetero) is 1. The molecule has 2 rings (SSSR count). The third-order valence-electron chi connectivity index (χ3n) is 2.68. The minimum atomic E-state index is -0.826. The fourth-order valence-electron chi connectivity index (χ4n) is 1.66. The van der Waals surface area contributed by atoms with Gasteiger partial charge < -0.3 is 0 Å². The van der Waals surface area contributed by atoms with Gasteiger partial charge in [0.25, 0.3) is 0 Å². The Morgan fingerprint density at radius 1 is 1.15 bits per heavy atom. The van der Waals surface area contributed by atoms with Crippen molar-refractivity contribution in [3.8, 4) is 0 Å². The lowest BCUT2D eigenvalue weighted by molar-refractivity contribution is 0.101. The zero-order valence-corrected chi connectivity index (χ0v) is 12.0. The van der Waals surface area contributed by atoms with Crippen molar-refractivity contribution in [3.63, 3.8) is 0 Å². The van der Waals surface area contributed by atoms with Crippen molar-refractivity contribution in [2.24, 2.45) is 0 Å². The first-order valence-electron chi connectivity index (χ1n) is 5.87. The van der Waals surface area contributed by atoms with E-state index in [1.165, 1.54) is 17.8 Å². The summed E-state index contributed by atoms with van der Waals surface area (Å²) in [6, 6.07) is 10.3. The van der Waals surface area contributed by atoms with Crippen LogP contribution in [0, 0.1) is 11.6 Å². The summed E-state index contributed by atoms with van der Waals surface area (Å²) in [7, 11) is 0. The van der Waals surface area contributed by atoms with Crippen molar-refractivity contribution in [2.75, 3.05) is 5.75 Å². The van der Waals surface area contributed by atoms with Gasteiger partial charge in [0.05, 0.1) is 11.3 Å². The monoisotopic (exact) mass is 312 g/mol. The number of benzene rings is 2. The molecule has 2 aromatic carbocycles. The summed E-state index contributed by atoms with van der Waals surface area (Å²) in [5.41, 5.74) is 0.838. The number of hydrogen-bond acceptors (Lipinski definition) is 2. The van der Waals surface area contributed by atoms with Gasteiger partial charge in [-0.2, -0.15) is 0 Å². The van der Waals surface area contributed by atoms with E-state index in [4.69, 9.17) is 11.6 Å². The molecule has 0 saturated carbocycles. The summed E-state index contributed by atoms with van der Waals surface area (Å²) in [5, 5.41) is 0.639. The summed E-state index contributed by atoms with van der Waals surface area (Å²) in [6.07, 6.45) is 0. The summed E-state index contributed by atoms with van der Waals surface area (Å²) >= 11 is 7.34. The molecule has 1 nitrogen and oxygen atoms in total. The van der Waals surface area contributed by atoms with E-state index in [0.717, 1.165) is 11.6 Å². The average Bonchev–Trinajstić information content (AvgIpc) is 2.40. The Labute approximate surface area is 125 Å². The number of ketones is 1. The molecule has 0 spiro atoms. The van der Waals surface area contributed by atoms with Gasteiger partial charge in [-0.05, 0) is 23.8 Å². The first kappa shape index (κ1) is 15.0. The first-order valence-corrected chi connectivity index (χ1v) is 7.40. The van der Waals surface area contributed by atoms with E-state index in [9.17, 15) is 13.6 Å². The average molecular weight is 313 g/mol. The van der Waals surface area contributed by atoms with Crippen molar-refractivity contribution < 1.29 is 13.6 Å². The highest BCUT2D eigenvalue weighted by Crippen LogP contribution is 2.21. The van der Waals surface area contributed by atoms with Gasteiger partial charge in [0.2, 0.25) is 0 Å². The van der Waals surface area contributed by atoms with Crippen LogP contribution >= 0.6 is 23.4 Å². The number of thioether (sulfide) groups is 1. The van der Waals surface area contributed by atoms with Crippen molar-refractivity contribution in [2.45, 2.75) is 5.75 Å². The highest BCUT2D eigenvalue weighted by Gasteiger charge is 2.12. The minimum absolute atomic E-state index is 0.0851. The molecule has 0 fully saturated rings. The second-order valence-electron chi connectivity index (χ2n) is 4.13. The molecule has 0 heterocycles. The Kier molecular flexibility index (Phi) is 5.15. The van der Waals surface area contributed by atoms with Crippen LogP contribution in [-0.2, 0) is 5.75 Å². The van der Waals surface area contributed by atoms with E-state index in [1.807, 2.05) is 18.2 Å². The molecule has 0 radical (unpaired) electrons. The number of carbonyl (C=O) groups excluding carboxylic acids is 1. The molecule has 2 aromatic rings. The van der Waals surface area contributed by atoms with Crippen LogP contribution in [0.25, 0.3) is 0 Å². The van der Waals surface area contributed by atoms with Gasteiger partial charge in [0.1, 0.15) is 11.6 Å². The van der Waals surface area contributed by atoms with Gasteiger partial charge in [-0.3, -0.25) is 4.79 Å². The zero-order chi connectivity index (χ0) is 14.5. The molecule has 0 aromatic heterocycles. The second-order valence-corrected chi connectivity index (χ2v) is 5.52. The van der Waals surface area contributed by atoms with Crippen molar-refractivity contribution in [1.82, 2.24) is 0 Å². The molecule has 0 atom stereocenters. The predicted molar refractivity (Wildman–Crippen MR) is 78.3 cm³/mol. The fourth-order valence-corrected chi connectivity index (χ4v) is 2.86. The van der Waals surface area contributed by atoms with Crippen LogP contribution < -0.4 is 0 Å². The molecule has 0 bridgehead atoms. The van der Waals surface area contributed by atoms with Crippen LogP contribution in [0.4, 0.5) is 8.78 Å². The normalized spacial score (nSPS) is 10.6. The van der Waals surface area contributed by atoms with Crippen LogP contribution in [0.1, 0.15) is 15.9 Å². The Hall–Kier alpha value is -1.39. The van der Waals surface area contributed by atoms with E-state index in [0.29, 0.717) is 16.8 Å². The first-order chi connectivity index (χ1) is 9.58. The van der Waals surface area contributed by atoms with Gasteiger partial charge >= 0.3 is 0 Å². The number of hydrogen-bond donors (Lipinski definition) is 0. The highest BCUT2D eigenvalue weighted by atomic mass is 35.5. The zero-order valence-electron chi connectivity index (χ0n) is 10.4. The van der Waals surface area contributed by atoms with E-state index < -0.39 is 11.6 Å². The maximum atomic E-state index is 13.4. The molecular weight excluding hydrogens is 302 g/mol. The van der Waals surface area contributed by atoms with Crippen LogP contribution in [0.15, 0.2) is 42.5 Å². The second kappa shape index (κ2) is 6.86. The third-order valence-corrected chi connectivity index (χ3v) is 4.03. The molecule has 0 N–H and O–H groups in total. The standard InChI is InChI=1S/C15H11ClF2OS/c16-13-4-2-1-3-10(13)8-20-9-15(19)12-6-5-11(17)7-14(12)18/h1-7H,8-9H2. The van der Waals surface area contributed by atoms with Gasteiger partial charge in [0.15, 0.2) is 5.78 Å². The van der Waals surface area contributed by atoms with Gasteiger partial charge in [0, 0.05) is 16.8 Å². The largest absolute Gasteiger partial charge is 0.293 e. The van der Waals surface area contributed by atoms with Gasteiger partial charge in [-0.15, -0.1) is 11.8 Å². The topological polar surface area (TPSA) is 17.1 Å². The van der Waals surface area contributed by atoms with Crippen molar-refractivity contribution in [1.29, 1.82) is 0 Å². The molecule has 0 aliphatic heterocycles. The lowest BCUT2D eigenvalue weighted by Gasteiger charge is -2.05. The lowest BCUT2D eigenvalue weighted by Crippen LogP contribution is -2.06. The predicted octanol–water partition coefficient (Wildman–Crippen LogP) is 4.73. The fraction of sp³-hybridized carbons (Fsp3) is 0.133. The molecule has 0 aliphatic carbocycles. The maximum absolute atomic E-state index is 13.4. The van der Waals surface area contributed by atoms with Crippen LogP contribution in [0.3, 0.4) is 0 Å². The van der Waals surface area contributed by atoms with Crippen LogP contribution in [-0.4, -0.2) is 11.5 Å². The molecule has 20 heavy (non-hydrogen) atoms. The van der Waals surface area contributed by atoms with Crippen LogP contribution in [0.2, 0.25) is 5.02 Å². The van der Waals surface area contributed by atoms with E-state index >= 15 is 0 Å². The SMILES string of the molecule is O=C(CSCc1ccccc1Cl)c1ccc(F)cc1F. The van der Waals surface area contributed by atoms with Gasteiger partial charge in [-0.1, -0.05) is 29.8 Å². The Balaban J connectivity index is 1.94. The summed E-state index contributed by atoms with van der Waals surface area (Å²) in [6.45, 7) is 0. The van der Waals surface area contributed by atoms with Crippen LogP contribution in [0.5, 0.6) is 0 Å². The Morgan fingerprint density at radius 2 is 1.90 bits per heavy atom. The van der Waals surface area contributed by atoms with Crippen molar-refractivity contribution >= 4 is 29.1 Å². The van der Waals surface area contributed by atoms with E-state index in [1.54, 1.807) is 6.07 Å². The van der Waals surface area contributed by atoms with Crippen molar-refractivity contribution in [3.05, 3.63) is 70.2 Å². The minimum Gasteiger partial charge on any atom is -0.293 e. The molecule has 0 saturated heterocycles. The third kappa shape index (κ3) is 3.81. The number of rotatable bonds is 5. The Morgan fingerprint density at radius 3 is 2.60 bits per heavy atom. The van der Waals surface area contributed by atoms with E-state index in [-0.39, 0.29) is 17.1 Å². The molecule has 5 heteroatoms. The number of halogens is 3. The lowest BCUT2D eigenvalue weighted by atomic mass is 10.1. The molecule has 104 valence electrons. The summed E-state index contributed by atoms with van der Waals surface area (Å²) in [5.74, 6) is -1.20. The molecule has 0 unspecified atom stereocenters. The highest BCUT2D eigenvalue weighted by molar-refractivity contribution is 7.99. The summed E-state index contributed by atoms with van der Waals surface area (Å²) in [4.78, 5) is 11.8. The quantitative estimate of drug-likeness (QED) is 0.742. The smallest absolute Gasteiger partial charge is 0.175 e. The molecular formula is C15H11ClF2OS. The molecule has 0 amide bonds. The number of carbonyl (C=O) groups is 1. The molecule has 0 aliphatic rings. The Bertz CT molecular complexity index is 631. The van der Waals surface area contributed by atoms with Gasteiger partial charge in [-0.25, -0.2) is 8.78 Å².